The first kappa shape index (κ1) is 21.8. The molecule has 6 unspecified atom stereocenters. The van der Waals surface area contributed by atoms with Crippen LogP contribution in [-0.2, 0) is 11.2 Å². The fourth-order valence-corrected chi connectivity index (χ4v) is 5.94. The van der Waals surface area contributed by atoms with Crippen LogP contribution in [0.5, 0.6) is 0 Å². The molecule has 0 aromatic heterocycles. The number of nitrogens with two attached hydrogens (primary N) is 2. The fourth-order valence-electron chi connectivity index (χ4n) is 5.94. The summed E-state index contributed by atoms with van der Waals surface area (Å²) >= 11 is 0. The van der Waals surface area contributed by atoms with Gasteiger partial charge in [-0.1, -0.05) is 85.0 Å². The highest BCUT2D eigenvalue weighted by Crippen LogP contribution is 2.42. The fraction of sp³-hybridized carbons (Fsp3) is 0.333. The van der Waals surface area contributed by atoms with Crippen LogP contribution >= 0.6 is 0 Å². The molecule has 1 aliphatic heterocycles. The van der Waals surface area contributed by atoms with Gasteiger partial charge in [0.25, 0.3) is 0 Å². The zero-order valence-electron chi connectivity index (χ0n) is 19.4. The van der Waals surface area contributed by atoms with Crippen molar-refractivity contribution in [2.45, 2.75) is 50.2 Å². The average Bonchev–Trinajstić information content (AvgIpc) is 3.26. The Morgan fingerprint density at radius 1 is 1.00 bits per heavy atom. The Morgan fingerprint density at radius 3 is 2.74 bits per heavy atom. The van der Waals surface area contributed by atoms with Crippen molar-refractivity contribution in [1.82, 2.24) is 5.32 Å². The van der Waals surface area contributed by atoms with E-state index >= 15 is 0 Å². The number of ether oxygens (including phenoxy) is 1. The maximum absolute atomic E-state index is 6.60. The van der Waals surface area contributed by atoms with Crippen molar-refractivity contribution in [3.8, 4) is 11.1 Å². The second-order valence-corrected chi connectivity index (χ2v) is 9.93. The minimum Gasteiger partial charge on any atom is -0.366 e. The smallest absolute Gasteiger partial charge is 0.0867 e. The number of hydrogen-bond acceptors (Lipinski definition) is 4. The van der Waals surface area contributed by atoms with E-state index in [0.717, 1.165) is 31.2 Å². The van der Waals surface area contributed by atoms with Crippen LogP contribution in [0.1, 0.15) is 42.1 Å². The van der Waals surface area contributed by atoms with Crippen molar-refractivity contribution in [2.24, 2.45) is 23.3 Å². The van der Waals surface area contributed by atoms with Crippen LogP contribution in [0.3, 0.4) is 0 Å². The molecule has 5 N–H and O–H groups in total. The molecule has 0 amide bonds. The molecule has 3 aliphatic carbocycles. The quantitative estimate of drug-likeness (QED) is 0.442. The molecule has 1 heterocycles. The summed E-state index contributed by atoms with van der Waals surface area (Å²) in [5.41, 5.74) is 20.9. The van der Waals surface area contributed by atoms with Gasteiger partial charge in [-0.25, -0.2) is 0 Å². The monoisotopic (exact) mass is 451 g/mol. The van der Waals surface area contributed by atoms with E-state index < -0.39 is 0 Å². The van der Waals surface area contributed by atoms with E-state index in [2.05, 4.69) is 90.3 Å². The number of allylic oxidation sites excluding steroid dienone is 4. The van der Waals surface area contributed by atoms with Gasteiger partial charge in [0.2, 0.25) is 0 Å². The molecule has 0 saturated carbocycles. The van der Waals surface area contributed by atoms with E-state index in [1.54, 1.807) is 0 Å². The summed E-state index contributed by atoms with van der Waals surface area (Å²) in [6.07, 6.45) is 19.5. The number of fused-ring (bicyclic) bond motifs is 4. The lowest BCUT2D eigenvalue weighted by atomic mass is 9.80. The van der Waals surface area contributed by atoms with Gasteiger partial charge in [-0.15, -0.1) is 0 Å². The van der Waals surface area contributed by atoms with Crippen LogP contribution in [0, 0.1) is 11.8 Å². The lowest BCUT2D eigenvalue weighted by molar-refractivity contribution is 0.0506. The SMILES string of the molecule is NC(NC(N)C1CC=C2C(C1)OC1C=CC=CC21)c1ccc(-c2cccc3c2C=CCC3)cc1. The largest absolute Gasteiger partial charge is 0.366 e. The topological polar surface area (TPSA) is 73.3 Å². The standard InChI is InChI=1S/C30H33N3O/c31-29(21-14-12-20(13-15-21)24-10-5-7-19-6-1-2-8-23(19)24)33-30(32)22-16-17-26-25-9-3-4-11-27(25)34-28(26)18-22/h2-5,7-15,17,22,25,27-30,33H,1,6,16,18,31-32H2. The van der Waals surface area contributed by atoms with Crippen molar-refractivity contribution < 1.29 is 4.74 Å². The highest BCUT2D eigenvalue weighted by atomic mass is 16.5. The van der Waals surface area contributed by atoms with E-state index in [-0.39, 0.29) is 24.5 Å². The van der Waals surface area contributed by atoms with Crippen molar-refractivity contribution in [1.29, 1.82) is 0 Å². The molecule has 0 radical (unpaired) electrons. The molecule has 4 aliphatic rings. The predicted molar refractivity (Wildman–Crippen MR) is 139 cm³/mol. The molecular formula is C30H33N3O. The Kier molecular flexibility index (Phi) is 5.84. The first-order valence-corrected chi connectivity index (χ1v) is 12.5. The molecule has 1 saturated heterocycles. The van der Waals surface area contributed by atoms with Gasteiger partial charge >= 0.3 is 0 Å². The lowest BCUT2D eigenvalue weighted by Gasteiger charge is -2.32. The Balaban J connectivity index is 1.11. The third-order valence-corrected chi connectivity index (χ3v) is 7.86. The van der Waals surface area contributed by atoms with Gasteiger partial charge in [0.15, 0.2) is 0 Å². The number of rotatable bonds is 5. The minimum absolute atomic E-state index is 0.162. The third-order valence-electron chi connectivity index (χ3n) is 7.86. The van der Waals surface area contributed by atoms with Crippen LogP contribution in [0.2, 0.25) is 0 Å². The van der Waals surface area contributed by atoms with Crippen LogP contribution in [0.15, 0.2) is 84.5 Å². The van der Waals surface area contributed by atoms with Crippen LogP contribution in [-0.4, -0.2) is 18.4 Å². The van der Waals surface area contributed by atoms with Crippen molar-refractivity contribution in [2.75, 3.05) is 0 Å². The highest BCUT2D eigenvalue weighted by Gasteiger charge is 2.41. The summed E-state index contributed by atoms with van der Waals surface area (Å²) < 4.78 is 6.31. The van der Waals surface area contributed by atoms with Crippen LogP contribution in [0.25, 0.3) is 17.2 Å². The summed E-state index contributed by atoms with van der Waals surface area (Å²) in [5.74, 6) is 0.696. The second kappa shape index (κ2) is 9.12. The summed E-state index contributed by atoms with van der Waals surface area (Å²) in [6.45, 7) is 0. The molecule has 0 bridgehead atoms. The van der Waals surface area contributed by atoms with Gasteiger partial charge in [0.05, 0.1) is 24.5 Å². The van der Waals surface area contributed by atoms with Crippen LogP contribution < -0.4 is 16.8 Å². The van der Waals surface area contributed by atoms with E-state index in [1.807, 2.05) is 0 Å². The molecule has 2 aromatic carbocycles. The van der Waals surface area contributed by atoms with Gasteiger partial charge in [-0.2, -0.15) is 0 Å². The van der Waals surface area contributed by atoms with Gasteiger partial charge in [0.1, 0.15) is 0 Å². The molecule has 4 nitrogen and oxygen atoms in total. The minimum atomic E-state index is -0.308. The number of nitrogens with one attached hydrogen (secondary N) is 1. The van der Waals surface area contributed by atoms with Crippen molar-refractivity contribution >= 4 is 6.08 Å². The van der Waals surface area contributed by atoms with Crippen molar-refractivity contribution in [3.05, 3.63) is 101 Å². The summed E-state index contributed by atoms with van der Waals surface area (Å²) in [5, 5.41) is 3.45. The molecular weight excluding hydrogens is 418 g/mol. The Morgan fingerprint density at radius 2 is 1.85 bits per heavy atom. The molecule has 0 spiro atoms. The predicted octanol–water partition coefficient (Wildman–Crippen LogP) is 4.99. The molecule has 2 aromatic rings. The van der Waals surface area contributed by atoms with Gasteiger partial charge in [-0.05, 0) is 65.0 Å². The Labute approximate surface area is 202 Å². The zero-order valence-corrected chi connectivity index (χ0v) is 19.4. The Bertz CT molecular complexity index is 1180. The highest BCUT2D eigenvalue weighted by molar-refractivity contribution is 5.78. The number of hydrogen-bond donors (Lipinski definition) is 3. The van der Waals surface area contributed by atoms with Crippen molar-refractivity contribution in [3.63, 3.8) is 0 Å². The van der Waals surface area contributed by atoms with E-state index in [1.165, 1.54) is 27.8 Å². The van der Waals surface area contributed by atoms with Crippen LogP contribution in [0.4, 0.5) is 0 Å². The normalized spacial score (nSPS) is 28.6. The summed E-state index contributed by atoms with van der Waals surface area (Å²) in [6, 6.07) is 15.2. The first-order valence-electron chi connectivity index (χ1n) is 12.5. The molecule has 6 atom stereocenters. The second-order valence-electron chi connectivity index (χ2n) is 9.93. The zero-order chi connectivity index (χ0) is 23.1. The van der Waals surface area contributed by atoms with E-state index in [4.69, 9.17) is 16.2 Å². The maximum atomic E-state index is 6.60. The first-order chi connectivity index (χ1) is 16.7. The van der Waals surface area contributed by atoms with E-state index in [0.29, 0.717) is 11.8 Å². The summed E-state index contributed by atoms with van der Waals surface area (Å²) in [4.78, 5) is 0. The van der Waals surface area contributed by atoms with Gasteiger partial charge in [0, 0.05) is 5.92 Å². The van der Waals surface area contributed by atoms with Gasteiger partial charge < -0.3 is 16.2 Å². The summed E-state index contributed by atoms with van der Waals surface area (Å²) in [7, 11) is 0. The molecule has 174 valence electrons. The molecule has 1 fully saturated rings. The molecule has 34 heavy (non-hydrogen) atoms. The lowest BCUT2D eigenvalue weighted by Crippen LogP contribution is -2.49. The number of benzene rings is 2. The maximum Gasteiger partial charge on any atom is 0.0867 e. The average molecular weight is 452 g/mol. The Hall–Kier alpha value is -2.76. The van der Waals surface area contributed by atoms with E-state index in [9.17, 15) is 0 Å². The molecule has 6 rings (SSSR count). The molecule has 4 heteroatoms. The number of aryl methyl sites for hydroxylation is 1. The van der Waals surface area contributed by atoms with Gasteiger partial charge in [-0.3, -0.25) is 5.32 Å². The third kappa shape index (κ3) is 4.01.